The van der Waals surface area contributed by atoms with Crippen molar-refractivity contribution in [2.75, 3.05) is 5.32 Å². The maximum atomic E-state index is 12.6. The first kappa shape index (κ1) is 19.1. The fourth-order valence-electron chi connectivity index (χ4n) is 2.98. The Morgan fingerprint density at radius 2 is 1.70 bits per heavy atom. The fraction of sp³-hybridized carbons (Fsp3) is 0.190. The Balaban J connectivity index is 1.83. The number of amides is 1. The van der Waals surface area contributed by atoms with E-state index in [1.807, 2.05) is 18.2 Å². The highest BCUT2D eigenvalue weighted by atomic mass is 32.2. The summed E-state index contributed by atoms with van der Waals surface area (Å²) in [6, 6.07) is 17.1. The predicted molar refractivity (Wildman–Crippen MR) is 107 cm³/mol. The van der Waals surface area contributed by atoms with E-state index in [9.17, 15) is 13.2 Å². The molecule has 3 aromatic carbocycles. The van der Waals surface area contributed by atoms with E-state index in [0.717, 1.165) is 17.4 Å². The Hall–Kier alpha value is -2.70. The van der Waals surface area contributed by atoms with E-state index in [-0.39, 0.29) is 10.8 Å². The third kappa shape index (κ3) is 4.72. The molecular formula is C21H21NO4S. The summed E-state index contributed by atoms with van der Waals surface area (Å²) >= 11 is 0. The molecule has 3 aromatic rings. The SMILES string of the molecule is CC(C)Cc1cccc(C(=O)Nc2ccc3cc(S(=O)(=O)O)ccc3c2)c1. The van der Waals surface area contributed by atoms with Gasteiger partial charge in [0.2, 0.25) is 0 Å². The molecule has 140 valence electrons. The van der Waals surface area contributed by atoms with Gasteiger partial charge in [-0.1, -0.05) is 38.1 Å². The second kappa shape index (κ2) is 7.50. The second-order valence-electron chi connectivity index (χ2n) is 6.95. The third-order valence-electron chi connectivity index (χ3n) is 4.20. The number of carbonyl (C=O) groups excluding carboxylic acids is 1. The molecule has 0 heterocycles. The molecular weight excluding hydrogens is 362 g/mol. The summed E-state index contributed by atoms with van der Waals surface area (Å²) < 4.78 is 31.6. The van der Waals surface area contributed by atoms with Crippen molar-refractivity contribution < 1.29 is 17.8 Å². The largest absolute Gasteiger partial charge is 0.322 e. The lowest BCUT2D eigenvalue weighted by molar-refractivity contribution is 0.102. The van der Waals surface area contributed by atoms with E-state index < -0.39 is 10.1 Å². The lowest BCUT2D eigenvalue weighted by Crippen LogP contribution is -2.12. The highest BCUT2D eigenvalue weighted by Crippen LogP contribution is 2.23. The van der Waals surface area contributed by atoms with Gasteiger partial charge in [-0.3, -0.25) is 9.35 Å². The molecule has 0 radical (unpaired) electrons. The number of anilines is 1. The molecule has 0 aliphatic heterocycles. The molecule has 0 aliphatic carbocycles. The number of hydrogen-bond acceptors (Lipinski definition) is 3. The molecule has 0 aliphatic rings. The van der Waals surface area contributed by atoms with Crippen molar-refractivity contribution in [3.8, 4) is 0 Å². The normalized spacial score (nSPS) is 11.7. The van der Waals surface area contributed by atoms with Crippen molar-refractivity contribution in [1.82, 2.24) is 0 Å². The van der Waals surface area contributed by atoms with E-state index >= 15 is 0 Å². The number of rotatable bonds is 5. The van der Waals surface area contributed by atoms with Crippen LogP contribution < -0.4 is 5.32 Å². The number of benzene rings is 3. The van der Waals surface area contributed by atoms with Gasteiger partial charge in [-0.05, 0) is 65.1 Å². The molecule has 0 saturated carbocycles. The molecule has 0 aromatic heterocycles. The minimum absolute atomic E-state index is 0.159. The van der Waals surface area contributed by atoms with Crippen LogP contribution in [0.25, 0.3) is 10.8 Å². The smallest absolute Gasteiger partial charge is 0.294 e. The maximum Gasteiger partial charge on any atom is 0.294 e. The minimum Gasteiger partial charge on any atom is -0.322 e. The van der Waals surface area contributed by atoms with E-state index in [4.69, 9.17) is 4.55 Å². The van der Waals surface area contributed by atoms with Crippen LogP contribution in [0, 0.1) is 5.92 Å². The van der Waals surface area contributed by atoms with Gasteiger partial charge in [0, 0.05) is 11.3 Å². The van der Waals surface area contributed by atoms with Gasteiger partial charge >= 0.3 is 0 Å². The van der Waals surface area contributed by atoms with Crippen LogP contribution >= 0.6 is 0 Å². The van der Waals surface area contributed by atoms with Gasteiger partial charge in [-0.25, -0.2) is 0 Å². The Labute approximate surface area is 158 Å². The molecule has 5 nitrogen and oxygen atoms in total. The molecule has 2 N–H and O–H groups in total. The lowest BCUT2D eigenvalue weighted by atomic mass is 10.0. The molecule has 0 saturated heterocycles. The van der Waals surface area contributed by atoms with Crippen molar-refractivity contribution in [2.24, 2.45) is 5.92 Å². The minimum atomic E-state index is -4.24. The van der Waals surface area contributed by atoms with Crippen LogP contribution in [0.1, 0.15) is 29.8 Å². The first-order valence-electron chi connectivity index (χ1n) is 8.64. The molecule has 0 spiro atoms. The van der Waals surface area contributed by atoms with E-state index in [1.54, 1.807) is 30.3 Å². The second-order valence-corrected chi connectivity index (χ2v) is 8.37. The third-order valence-corrected chi connectivity index (χ3v) is 5.05. The van der Waals surface area contributed by atoms with Crippen molar-refractivity contribution in [1.29, 1.82) is 0 Å². The highest BCUT2D eigenvalue weighted by Gasteiger charge is 2.11. The topological polar surface area (TPSA) is 83.5 Å². The first-order chi connectivity index (χ1) is 12.7. The van der Waals surface area contributed by atoms with E-state index in [2.05, 4.69) is 19.2 Å². The van der Waals surface area contributed by atoms with Crippen molar-refractivity contribution in [2.45, 2.75) is 25.2 Å². The molecule has 27 heavy (non-hydrogen) atoms. The lowest BCUT2D eigenvalue weighted by Gasteiger charge is -2.09. The summed E-state index contributed by atoms with van der Waals surface area (Å²) in [5, 5.41) is 4.28. The summed E-state index contributed by atoms with van der Waals surface area (Å²) in [5.74, 6) is 0.311. The molecule has 0 fully saturated rings. The predicted octanol–water partition coefficient (Wildman–Crippen LogP) is 4.54. The van der Waals surface area contributed by atoms with Crippen LogP contribution in [0.5, 0.6) is 0 Å². The monoisotopic (exact) mass is 383 g/mol. The van der Waals surface area contributed by atoms with Gasteiger partial charge in [0.05, 0.1) is 4.90 Å². The molecule has 0 atom stereocenters. The number of hydrogen-bond donors (Lipinski definition) is 2. The maximum absolute atomic E-state index is 12.6. The first-order valence-corrected chi connectivity index (χ1v) is 10.1. The van der Waals surface area contributed by atoms with Crippen LogP contribution in [-0.4, -0.2) is 18.9 Å². The average molecular weight is 383 g/mol. The number of fused-ring (bicyclic) bond motifs is 1. The average Bonchev–Trinajstić information content (AvgIpc) is 2.60. The fourth-order valence-corrected chi connectivity index (χ4v) is 3.49. The summed E-state index contributed by atoms with van der Waals surface area (Å²) in [4.78, 5) is 12.4. The van der Waals surface area contributed by atoms with Gasteiger partial charge in [0.1, 0.15) is 0 Å². The Bertz CT molecular complexity index is 1100. The van der Waals surface area contributed by atoms with Gasteiger partial charge in [0.15, 0.2) is 0 Å². The molecule has 6 heteroatoms. The van der Waals surface area contributed by atoms with Crippen LogP contribution in [-0.2, 0) is 16.5 Å². The Morgan fingerprint density at radius 1 is 1.00 bits per heavy atom. The van der Waals surface area contributed by atoms with Gasteiger partial charge < -0.3 is 5.32 Å². The van der Waals surface area contributed by atoms with Gasteiger partial charge in [-0.15, -0.1) is 0 Å². The van der Waals surface area contributed by atoms with Crippen molar-refractivity contribution >= 4 is 32.5 Å². The molecule has 0 unspecified atom stereocenters. The zero-order valence-electron chi connectivity index (χ0n) is 15.1. The van der Waals surface area contributed by atoms with Crippen LogP contribution in [0.3, 0.4) is 0 Å². The Morgan fingerprint density at radius 3 is 2.41 bits per heavy atom. The van der Waals surface area contributed by atoms with E-state index in [0.29, 0.717) is 22.6 Å². The summed E-state index contributed by atoms with van der Waals surface area (Å²) in [6.45, 7) is 4.27. The standard InChI is InChI=1S/C21H21NO4S/c1-14(2)10-15-4-3-5-18(11-15)21(23)22-19-8-6-17-13-20(27(24,25)26)9-7-16(17)12-19/h3-9,11-14H,10H2,1-2H3,(H,22,23)(H,24,25,26). The summed E-state index contributed by atoms with van der Waals surface area (Å²) in [6.07, 6.45) is 0.910. The quantitative estimate of drug-likeness (QED) is 0.634. The van der Waals surface area contributed by atoms with Crippen molar-refractivity contribution in [3.63, 3.8) is 0 Å². The van der Waals surface area contributed by atoms with Crippen LogP contribution in [0.4, 0.5) is 5.69 Å². The van der Waals surface area contributed by atoms with Crippen LogP contribution in [0.2, 0.25) is 0 Å². The summed E-state index contributed by atoms with van der Waals surface area (Å²) in [5.41, 5.74) is 2.32. The van der Waals surface area contributed by atoms with Crippen molar-refractivity contribution in [3.05, 3.63) is 71.8 Å². The van der Waals surface area contributed by atoms with Gasteiger partial charge in [-0.2, -0.15) is 8.42 Å². The summed E-state index contributed by atoms with van der Waals surface area (Å²) in [7, 11) is -4.24. The number of carbonyl (C=O) groups is 1. The molecule has 0 bridgehead atoms. The zero-order chi connectivity index (χ0) is 19.6. The molecule has 1 amide bonds. The Kier molecular flexibility index (Phi) is 5.30. The highest BCUT2D eigenvalue weighted by molar-refractivity contribution is 7.85. The number of nitrogens with one attached hydrogen (secondary N) is 1. The van der Waals surface area contributed by atoms with Gasteiger partial charge in [0.25, 0.3) is 16.0 Å². The van der Waals surface area contributed by atoms with Crippen LogP contribution in [0.15, 0.2) is 65.6 Å². The zero-order valence-corrected chi connectivity index (χ0v) is 16.0. The van der Waals surface area contributed by atoms with E-state index in [1.165, 1.54) is 12.1 Å². The molecule has 3 rings (SSSR count).